The number of hydrogen-bond acceptors (Lipinski definition) is 7. The third kappa shape index (κ3) is 5.33. The zero-order chi connectivity index (χ0) is 26.2. The molecule has 9 nitrogen and oxygen atoms in total. The number of hydrogen-bond donors (Lipinski definition) is 4. The summed E-state index contributed by atoms with van der Waals surface area (Å²) in [4.78, 5) is 14.2. The van der Waals surface area contributed by atoms with E-state index in [1.807, 2.05) is 46.8 Å². The van der Waals surface area contributed by atoms with Crippen LogP contribution >= 0.6 is 12.2 Å². The lowest BCUT2D eigenvalue weighted by Gasteiger charge is -2.22. The molecule has 1 aliphatic rings. The first-order chi connectivity index (χ1) is 16.9. The Morgan fingerprint density at radius 1 is 1.22 bits per heavy atom. The van der Waals surface area contributed by atoms with Gasteiger partial charge in [0.15, 0.2) is 10.6 Å². The van der Waals surface area contributed by atoms with E-state index >= 15 is 0 Å². The van der Waals surface area contributed by atoms with Crippen molar-refractivity contribution in [2.24, 2.45) is 0 Å². The summed E-state index contributed by atoms with van der Waals surface area (Å²) < 4.78 is 7.49. The first kappa shape index (κ1) is 25.6. The summed E-state index contributed by atoms with van der Waals surface area (Å²) in [6, 6.07) is 9.18. The third-order valence-corrected chi connectivity index (χ3v) is 6.32. The van der Waals surface area contributed by atoms with Gasteiger partial charge in [-0.15, -0.1) is 0 Å². The van der Waals surface area contributed by atoms with E-state index in [0.717, 1.165) is 29.9 Å². The van der Waals surface area contributed by atoms with Crippen LogP contribution in [0.15, 0.2) is 30.3 Å². The molecule has 4 N–H and O–H groups in total. The summed E-state index contributed by atoms with van der Waals surface area (Å²) in [5, 5.41) is 30.9. The second kappa shape index (κ2) is 9.85. The van der Waals surface area contributed by atoms with Gasteiger partial charge in [0.25, 0.3) is 0 Å². The third-order valence-electron chi connectivity index (χ3n) is 6.04. The van der Waals surface area contributed by atoms with Gasteiger partial charge in [-0.2, -0.15) is 5.10 Å². The summed E-state index contributed by atoms with van der Waals surface area (Å²) >= 11 is 5.53. The number of aromatic hydroxyl groups is 2. The van der Waals surface area contributed by atoms with Gasteiger partial charge < -0.3 is 25.2 Å². The van der Waals surface area contributed by atoms with Crippen molar-refractivity contribution in [3.8, 4) is 28.6 Å². The number of amides is 1. The van der Waals surface area contributed by atoms with Crippen LogP contribution in [0.4, 0.5) is 10.5 Å². The lowest BCUT2D eigenvalue weighted by molar-refractivity contribution is 0.0529. The number of aromatic nitrogens is 3. The van der Waals surface area contributed by atoms with Crippen molar-refractivity contribution in [1.29, 1.82) is 0 Å². The van der Waals surface area contributed by atoms with Crippen LogP contribution in [-0.4, -0.2) is 56.3 Å². The molecule has 0 fully saturated rings. The number of anilines is 1. The van der Waals surface area contributed by atoms with Crippen molar-refractivity contribution >= 4 is 24.0 Å². The second-order valence-corrected chi connectivity index (χ2v) is 10.6. The Morgan fingerprint density at radius 3 is 2.67 bits per heavy atom. The molecule has 0 aliphatic carbocycles. The number of alkyl carbamates (subject to hydrolysis) is 1. The lowest BCUT2D eigenvalue weighted by Crippen LogP contribution is -2.37. The fourth-order valence-corrected chi connectivity index (χ4v) is 4.63. The monoisotopic (exact) mass is 511 g/mol. The fourth-order valence-electron chi connectivity index (χ4n) is 4.39. The SMILES string of the molecule is CC(C)c1cc(-c2n[nH]c(=S)n2-c2ccc3c(c2)CCN3CCNC(=O)OC(C)(C)C)c(O)cc1O. The quantitative estimate of drug-likeness (QED) is 0.344. The maximum Gasteiger partial charge on any atom is 0.407 e. The average molecular weight is 512 g/mol. The van der Waals surface area contributed by atoms with E-state index in [1.165, 1.54) is 6.07 Å². The van der Waals surface area contributed by atoms with Crippen LogP contribution in [0.1, 0.15) is 51.7 Å². The highest BCUT2D eigenvalue weighted by molar-refractivity contribution is 7.71. The number of fused-ring (bicyclic) bond motifs is 1. The molecular formula is C26H33N5O4S. The maximum atomic E-state index is 11.9. The number of carbonyl (C=O) groups is 1. The number of nitrogens with zero attached hydrogens (tertiary/aromatic N) is 3. The van der Waals surface area contributed by atoms with Crippen LogP contribution in [0.2, 0.25) is 0 Å². The van der Waals surface area contributed by atoms with Gasteiger partial charge in [0.2, 0.25) is 0 Å². The summed E-state index contributed by atoms with van der Waals surface area (Å²) in [6.45, 7) is 11.5. The van der Waals surface area contributed by atoms with Gasteiger partial charge in [0, 0.05) is 31.4 Å². The van der Waals surface area contributed by atoms with Gasteiger partial charge >= 0.3 is 6.09 Å². The number of aromatic amines is 1. The van der Waals surface area contributed by atoms with E-state index in [1.54, 1.807) is 10.6 Å². The van der Waals surface area contributed by atoms with Crippen LogP contribution in [0.5, 0.6) is 11.5 Å². The molecule has 2 aromatic carbocycles. The summed E-state index contributed by atoms with van der Waals surface area (Å²) in [5.74, 6) is 0.508. The molecule has 0 spiro atoms. The van der Waals surface area contributed by atoms with Crippen molar-refractivity contribution < 1.29 is 19.7 Å². The molecule has 0 saturated heterocycles. The fraction of sp³-hybridized carbons (Fsp3) is 0.423. The number of phenols is 2. The van der Waals surface area contributed by atoms with Gasteiger partial charge in [-0.1, -0.05) is 13.8 Å². The molecule has 10 heteroatoms. The minimum Gasteiger partial charge on any atom is -0.508 e. The Bertz CT molecular complexity index is 1340. The van der Waals surface area contributed by atoms with Gasteiger partial charge in [-0.05, 0) is 80.7 Å². The molecule has 1 amide bonds. The highest BCUT2D eigenvalue weighted by Crippen LogP contribution is 2.38. The molecule has 4 rings (SSSR count). The Kier molecular flexibility index (Phi) is 6.99. The smallest absolute Gasteiger partial charge is 0.407 e. The Morgan fingerprint density at radius 2 is 1.97 bits per heavy atom. The van der Waals surface area contributed by atoms with Gasteiger partial charge in [0.05, 0.1) is 11.3 Å². The van der Waals surface area contributed by atoms with Crippen molar-refractivity contribution in [1.82, 2.24) is 20.1 Å². The summed E-state index contributed by atoms with van der Waals surface area (Å²) in [5.41, 5.74) is 3.77. The molecule has 36 heavy (non-hydrogen) atoms. The van der Waals surface area contributed by atoms with Gasteiger partial charge in [-0.25, -0.2) is 4.79 Å². The predicted octanol–water partition coefficient (Wildman–Crippen LogP) is 5.02. The molecule has 1 aliphatic heterocycles. The van der Waals surface area contributed by atoms with E-state index in [9.17, 15) is 15.0 Å². The van der Waals surface area contributed by atoms with E-state index in [4.69, 9.17) is 17.0 Å². The molecule has 2 heterocycles. The number of rotatable bonds is 6. The van der Waals surface area contributed by atoms with Crippen molar-refractivity contribution in [3.63, 3.8) is 0 Å². The molecule has 0 bridgehead atoms. The zero-order valence-electron chi connectivity index (χ0n) is 21.3. The standard InChI is InChI=1S/C26H33N5O4S/c1-15(2)18-13-19(22(33)14-21(18)32)23-28-29-24(36)31(23)17-6-7-20-16(12-17)8-10-30(20)11-9-27-25(34)35-26(3,4)5/h6-7,12-15,32-33H,8-11H2,1-5H3,(H,27,34)(H,29,36). The Balaban J connectivity index is 1.57. The molecule has 0 radical (unpaired) electrons. The molecular weight excluding hydrogens is 478 g/mol. The van der Waals surface area contributed by atoms with Gasteiger partial charge in [0.1, 0.15) is 17.1 Å². The minimum atomic E-state index is -0.527. The molecule has 0 saturated carbocycles. The normalized spacial score (nSPS) is 13.2. The molecule has 0 unspecified atom stereocenters. The number of ether oxygens (including phenoxy) is 1. The molecule has 3 aromatic rings. The number of H-pyrrole nitrogens is 1. The van der Waals surface area contributed by atoms with E-state index < -0.39 is 11.7 Å². The van der Waals surface area contributed by atoms with E-state index in [-0.39, 0.29) is 17.4 Å². The first-order valence-corrected chi connectivity index (χ1v) is 12.4. The number of nitrogens with one attached hydrogen (secondary N) is 2. The van der Waals surface area contributed by atoms with Crippen molar-refractivity contribution in [3.05, 3.63) is 46.2 Å². The predicted molar refractivity (Wildman–Crippen MR) is 142 cm³/mol. The number of phenolic OH excluding ortho intramolecular Hbond substituents is 2. The molecule has 1 aromatic heterocycles. The Labute approximate surface area is 215 Å². The largest absolute Gasteiger partial charge is 0.508 e. The number of benzene rings is 2. The summed E-state index contributed by atoms with van der Waals surface area (Å²) in [7, 11) is 0. The van der Waals surface area contributed by atoms with Crippen LogP contribution in [0, 0.1) is 4.77 Å². The minimum absolute atomic E-state index is 0.0470. The maximum absolute atomic E-state index is 11.9. The highest BCUT2D eigenvalue weighted by atomic mass is 32.1. The molecule has 0 atom stereocenters. The van der Waals surface area contributed by atoms with Crippen LogP contribution in [0.3, 0.4) is 0 Å². The first-order valence-electron chi connectivity index (χ1n) is 12.0. The van der Waals surface area contributed by atoms with Crippen LogP contribution in [0.25, 0.3) is 17.1 Å². The van der Waals surface area contributed by atoms with E-state index in [0.29, 0.717) is 34.8 Å². The average Bonchev–Trinajstić information content (AvgIpc) is 3.35. The topological polar surface area (TPSA) is 116 Å². The number of carbonyl (C=O) groups excluding carboxylic acids is 1. The lowest BCUT2D eigenvalue weighted by atomic mass is 9.98. The highest BCUT2D eigenvalue weighted by Gasteiger charge is 2.23. The summed E-state index contributed by atoms with van der Waals surface area (Å²) in [6.07, 6.45) is 0.440. The van der Waals surface area contributed by atoms with Gasteiger partial charge in [-0.3, -0.25) is 9.67 Å². The molecule has 192 valence electrons. The van der Waals surface area contributed by atoms with Crippen molar-refractivity contribution in [2.75, 3.05) is 24.5 Å². The van der Waals surface area contributed by atoms with E-state index in [2.05, 4.69) is 26.5 Å². The van der Waals surface area contributed by atoms with Crippen LogP contribution < -0.4 is 10.2 Å². The van der Waals surface area contributed by atoms with Crippen LogP contribution in [-0.2, 0) is 11.2 Å². The zero-order valence-corrected chi connectivity index (χ0v) is 22.1. The Hall–Kier alpha value is -3.53. The van der Waals surface area contributed by atoms with Crippen molar-refractivity contribution in [2.45, 2.75) is 52.6 Å². The second-order valence-electron chi connectivity index (χ2n) is 10.2.